The molecule has 0 aliphatic carbocycles. The van der Waals surface area contributed by atoms with Crippen molar-refractivity contribution in [1.29, 1.82) is 5.26 Å². The van der Waals surface area contributed by atoms with Gasteiger partial charge in [0, 0.05) is 0 Å². The first-order valence-corrected chi connectivity index (χ1v) is 5.24. The lowest BCUT2D eigenvalue weighted by Gasteiger charge is -2.15. The normalized spacial score (nSPS) is 10.7. The molecule has 0 spiro atoms. The smallest absolute Gasteiger partial charge is 0.465 e. The fraction of sp³-hybridized carbons (Fsp3) is 0.333. The topological polar surface area (TPSA) is 59.3 Å². The third kappa shape index (κ3) is 3.37. The Morgan fingerprint density at radius 3 is 2.47 bits per heavy atom. The van der Waals surface area contributed by atoms with Gasteiger partial charge in [0.05, 0.1) is 18.7 Å². The highest BCUT2D eigenvalue weighted by atomic mass is 19.4. The molecule has 0 N–H and O–H groups in total. The van der Waals surface area contributed by atoms with Crippen LogP contribution in [0.3, 0.4) is 0 Å². The summed E-state index contributed by atoms with van der Waals surface area (Å²) in [5.74, 6) is -1.65. The van der Waals surface area contributed by atoms with Gasteiger partial charge in [-0.3, -0.25) is 0 Å². The zero-order valence-corrected chi connectivity index (χ0v) is 10.2. The number of carbonyl (C=O) groups is 1. The minimum Gasteiger partial charge on any atom is -0.465 e. The van der Waals surface area contributed by atoms with Crippen LogP contribution in [-0.4, -0.2) is 19.4 Å². The van der Waals surface area contributed by atoms with Gasteiger partial charge in [-0.05, 0) is 24.1 Å². The molecule has 102 valence electrons. The highest BCUT2D eigenvalue weighted by molar-refractivity contribution is 5.95. The second-order valence-electron chi connectivity index (χ2n) is 3.47. The van der Waals surface area contributed by atoms with Crippen LogP contribution in [-0.2, 0) is 11.2 Å². The summed E-state index contributed by atoms with van der Waals surface area (Å²) >= 11 is 0. The summed E-state index contributed by atoms with van der Waals surface area (Å²) in [5.41, 5.74) is -0.102. The number of nitriles is 1. The van der Waals surface area contributed by atoms with Gasteiger partial charge in [0.2, 0.25) is 0 Å². The van der Waals surface area contributed by atoms with Gasteiger partial charge in [0.25, 0.3) is 0 Å². The van der Waals surface area contributed by atoms with E-state index in [9.17, 15) is 18.0 Å². The van der Waals surface area contributed by atoms with Crippen LogP contribution in [0, 0.1) is 11.3 Å². The Balaban J connectivity index is 3.48. The van der Waals surface area contributed by atoms with E-state index in [1.807, 2.05) is 6.07 Å². The molecule has 0 radical (unpaired) electrons. The predicted molar refractivity (Wildman–Crippen MR) is 58.6 cm³/mol. The van der Waals surface area contributed by atoms with Gasteiger partial charge in [0.15, 0.2) is 0 Å². The summed E-state index contributed by atoms with van der Waals surface area (Å²) in [6.07, 6.45) is -4.73. The van der Waals surface area contributed by atoms with E-state index in [0.29, 0.717) is 0 Å². The molecule has 0 bridgehead atoms. The lowest BCUT2D eigenvalue weighted by molar-refractivity contribution is -0.274. The number of methoxy groups -OCH3 is 1. The zero-order chi connectivity index (χ0) is 14.6. The summed E-state index contributed by atoms with van der Waals surface area (Å²) in [4.78, 5) is 11.6. The van der Waals surface area contributed by atoms with E-state index in [2.05, 4.69) is 9.47 Å². The van der Waals surface area contributed by atoms with Crippen LogP contribution in [0.25, 0.3) is 0 Å². The van der Waals surface area contributed by atoms with Crippen molar-refractivity contribution in [2.75, 3.05) is 7.11 Å². The minimum absolute atomic E-state index is 0.109. The lowest BCUT2D eigenvalue weighted by Crippen LogP contribution is -2.20. The molecule has 0 saturated carbocycles. The second-order valence-corrected chi connectivity index (χ2v) is 3.47. The number of hydrogen-bond acceptors (Lipinski definition) is 4. The molecule has 0 fully saturated rings. The van der Waals surface area contributed by atoms with Gasteiger partial charge >= 0.3 is 12.3 Å². The van der Waals surface area contributed by atoms with Crippen molar-refractivity contribution in [1.82, 2.24) is 0 Å². The number of benzene rings is 1. The van der Waals surface area contributed by atoms with E-state index < -0.39 is 18.1 Å². The van der Waals surface area contributed by atoms with Crippen LogP contribution < -0.4 is 4.74 Å². The molecular formula is C12H10F3NO3. The molecule has 7 heteroatoms. The van der Waals surface area contributed by atoms with Gasteiger partial charge in [-0.25, -0.2) is 4.79 Å². The summed E-state index contributed by atoms with van der Waals surface area (Å²) in [7, 11) is 1.04. The highest BCUT2D eigenvalue weighted by Crippen LogP contribution is 2.31. The molecule has 0 atom stereocenters. The number of alkyl halides is 3. The van der Waals surface area contributed by atoms with E-state index >= 15 is 0 Å². The first-order valence-electron chi connectivity index (χ1n) is 5.24. The van der Waals surface area contributed by atoms with E-state index in [1.165, 1.54) is 6.07 Å². The fourth-order valence-electron chi connectivity index (χ4n) is 1.63. The van der Waals surface area contributed by atoms with Crippen LogP contribution in [0.2, 0.25) is 0 Å². The first-order chi connectivity index (χ1) is 8.84. The molecule has 0 aliphatic rings. The van der Waals surface area contributed by atoms with Crippen molar-refractivity contribution in [3.05, 3.63) is 28.8 Å². The number of halogens is 3. The molecule has 19 heavy (non-hydrogen) atoms. The van der Waals surface area contributed by atoms with Crippen molar-refractivity contribution in [3.8, 4) is 11.8 Å². The summed E-state index contributed by atoms with van der Waals surface area (Å²) in [6.45, 7) is 1.61. The van der Waals surface area contributed by atoms with E-state index in [0.717, 1.165) is 13.2 Å². The van der Waals surface area contributed by atoms with Crippen LogP contribution in [0.1, 0.15) is 28.4 Å². The van der Waals surface area contributed by atoms with E-state index in [1.54, 1.807) is 6.92 Å². The SMILES string of the molecule is CCc1c(C#N)ccc(OC(F)(F)F)c1C(=O)OC. The first kappa shape index (κ1) is 14.8. The summed E-state index contributed by atoms with van der Waals surface area (Å²) in [5, 5.41) is 8.89. The number of carbonyl (C=O) groups excluding carboxylic acids is 1. The minimum atomic E-state index is -4.93. The maximum atomic E-state index is 12.3. The van der Waals surface area contributed by atoms with Crippen molar-refractivity contribution in [2.24, 2.45) is 0 Å². The molecule has 1 aromatic carbocycles. The van der Waals surface area contributed by atoms with Gasteiger partial charge in [-0.1, -0.05) is 6.92 Å². The average Bonchev–Trinajstić information content (AvgIpc) is 2.35. The average molecular weight is 273 g/mol. The van der Waals surface area contributed by atoms with Crippen molar-refractivity contribution >= 4 is 5.97 Å². The molecule has 1 aromatic rings. The third-order valence-electron chi connectivity index (χ3n) is 2.36. The number of ether oxygens (including phenoxy) is 2. The molecule has 0 unspecified atom stereocenters. The van der Waals surface area contributed by atoms with Gasteiger partial charge in [-0.15, -0.1) is 13.2 Å². The number of nitrogens with zero attached hydrogens (tertiary/aromatic N) is 1. The maximum absolute atomic E-state index is 12.3. The monoisotopic (exact) mass is 273 g/mol. The Labute approximate surface area is 107 Å². The molecule has 0 aromatic heterocycles. The van der Waals surface area contributed by atoms with Crippen molar-refractivity contribution < 1.29 is 27.4 Å². The number of hydrogen-bond donors (Lipinski definition) is 0. The highest BCUT2D eigenvalue weighted by Gasteiger charge is 2.34. The van der Waals surface area contributed by atoms with Crippen LogP contribution >= 0.6 is 0 Å². The molecule has 0 aliphatic heterocycles. The van der Waals surface area contributed by atoms with Gasteiger partial charge in [0.1, 0.15) is 11.3 Å². The van der Waals surface area contributed by atoms with Crippen LogP contribution in [0.15, 0.2) is 12.1 Å². The molecular weight excluding hydrogens is 263 g/mol. The van der Waals surface area contributed by atoms with E-state index in [4.69, 9.17) is 5.26 Å². The Morgan fingerprint density at radius 1 is 1.42 bits per heavy atom. The molecule has 0 amide bonds. The third-order valence-corrected chi connectivity index (χ3v) is 2.36. The molecule has 1 rings (SSSR count). The second kappa shape index (κ2) is 5.61. The number of rotatable bonds is 3. The standard InChI is InChI=1S/C12H10F3NO3/c1-3-8-7(6-16)4-5-9(19-12(13,14)15)10(8)11(17)18-2/h4-5H,3H2,1-2H3. The lowest BCUT2D eigenvalue weighted by atomic mass is 9.98. The largest absolute Gasteiger partial charge is 0.573 e. The molecule has 0 saturated heterocycles. The van der Waals surface area contributed by atoms with Gasteiger partial charge < -0.3 is 9.47 Å². The zero-order valence-electron chi connectivity index (χ0n) is 10.2. The number of esters is 1. The van der Waals surface area contributed by atoms with Crippen LogP contribution in [0.4, 0.5) is 13.2 Å². The maximum Gasteiger partial charge on any atom is 0.573 e. The van der Waals surface area contributed by atoms with Gasteiger partial charge in [-0.2, -0.15) is 5.26 Å². The molecule has 4 nitrogen and oxygen atoms in total. The Morgan fingerprint density at radius 2 is 2.05 bits per heavy atom. The quantitative estimate of drug-likeness (QED) is 0.794. The Bertz CT molecular complexity index is 532. The fourth-order valence-corrected chi connectivity index (χ4v) is 1.63. The predicted octanol–water partition coefficient (Wildman–Crippen LogP) is 2.81. The summed E-state index contributed by atoms with van der Waals surface area (Å²) < 4.78 is 45.0. The van der Waals surface area contributed by atoms with Crippen LogP contribution in [0.5, 0.6) is 5.75 Å². The Hall–Kier alpha value is -2.23. The Kier molecular flexibility index (Phi) is 4.38. The van der Waals surface area contributed by atoms with Crippen molar-refractivity contribution in [3.63, 3.8) is 0 Å². The molecule has 0 heterocycles. The summed E-state index contributed by atoms with van der Waals surface area (Å²) in [6, 6.07) is 3.91. The van der Waals surface area contributed by atoms with Crippen molar-refractivity contribution in [2.45, 2.75) is 19.7 Å². The van der Waals surface area contributed by atoms with E-state index in [-0.39, 0.29) is 23.1 Å².